The Morgan fingerprint density at radius 1 is 1.27 bits per heavy atom. The zero-order valence-corrected chi connectivity index (χ0v) is 14.8. The van der Waals surface area contributed by atoms with Gasteiger partial charge < -0.3 is 15.4 Å². The monoisotopic (exact) mass is 334 g/mol. The predicted octanol–water partition coefficient (Wildman–Crippen LogP) is 0.298. The molecule has 0 aromatic heterocycles. The van der Waals surface area contributed by atoms with Crippen LogP contribution < -0.4 is 15.4 Å². The van der Waals surface area contributed by atoms with Crippen molar-refractivity contribution in [3.05, 3.63) is 0 Å². The summed E-state index contributed by atoms with van der Waals surface area (Å²) in [5, 5.41) is 6.58. The predicted molar refractivity (Wildman–Crippen MR) is 89.6 cm³/mol. The molecule has 0 atom stereocenters. The molecule has 0 spiro atoms. The molecule has 0 aromatic carbocycles. The van der Waals surface area contributed by atoms with E-state index in [0.29, 0.717) is 24.9 Å². The Kier molecular flexibility index (Phi) is 8.13. The van der Waals surface area contributed by atoms with Gasteiger partial charge in [-0.1, -0.05) is 6.42 Å². The Morgan fingerprint density at radius 3 is 2.50 bits per heavy atom. The molecule has 1 rings (SSSR count). The average Bonchev–Trinajstić information content (AvgIpc) is 2.41. The number of ether oxygens (including phenoxy) is 1. The summed E-state index contributed by atoms with van der Waals surface area (Å²) in [6.45, 7) is 2.80. The number of nitrogens with one attached hydrogen (secondary N) is 3. The number of sulfonamides is 1. The van der Waals surface area contributed by atoms with E-state index in [1.807, 2.05) is 0 Å². The van der Waals surface area contributed by atoms with E-state index in [9.17, 15) is 8.42 Å². The molecule has 1 aliphatic rings. The first-order chi connectivity index (χ1) is 10.4. The summed E-state index contributed by atoms with van der Waals surface area (Å²) in [4.78, 5) is 4.20. The summed E-state index contributed by atoms with van der Waals surface area (Å²) in [5.74, 6) is 0.767. The first kappa shape index (κ1) is 19.2. The van der Waals surface area contributed by atoms with Crippen molar-refractivity contribution in [2.24, 2.45) is 10.4 Å². The van der Waals surface area contributed by atoms with Crippen molar-refractivity contribution in [3.63, 3.8) is 0 Å². The van der Waals surface area contributed by atoms with Crippen molar-refractivity contribution in [1.82, 2.24) is 15.4 Å². The number of methoxy groups -OCH3 is 1. The molecule has 3 N–H and O–H groups in total. The van der Waals surface area contributed by atoms with Gasteiger partial charge in [-0.05, 0) is 31.1 Å². The van der Waals surface area contributed by atoms with Crippen molar-refractivity contribution in [1.29, 1.82) is 0 Å². The minimum Gasteiger partial charge on any atom is -0.385 e. The highest BCUT2D eigenvalue weighted by Gasteiger charge is 2.36. The van der Waals surface area contributed by atoms with Crippen LogP contribution in [0.2, 0.25) is 0 Å². The minimum absolute atomic E-state index is 0.339. The Bertz CT molecular complexity index is 447. The molecule has 130 valence electrons. The van der Waals surface area contributed by atoms with Crippen LogP contribution in [0.4, 0.5) is 0 Å². The summed E-state index contributed by atoms with van der Waals surface area (Å²) < 4.78 is 29.6. The second kappa shape index (κ2) is 9.32. The van der Waals surface area contributed by atoms with E-state index >= 15 is 0 Å². The maximum atomic E-state index is 10.9. The highest BCUT2D eigenvalue weighted by molar-refractivity contribution is 7.88. The van der Waals surface area contributed by atoms with Crippen LogP contribution in [0.5, 0.6) is 0 Å². The van der Waals surface area contributed by atoms with Crippen LogP contribution in [-0.4, -0.2) is 61.0 Å². The smallest absolute Gasteiger partial charge is 0.208 e. The quantitative estimate of drug-likeness (QED) is 0.304. The SMILES string of the molecule is CN=C(NCCCNS(C)(=O)=O)NCC1(CCOC)CCC1. The average molecular weight is 334 g/mol. The molecule has 0 saturated heterocycles. The first-order valence-corrected chi connectivity index (χ1v) is 9.68. The van der Waals surface area contributed by atoms with Gasteiger partial charge in [0.1, 0.15) is 0 Å². The van der Waals surface area contributed by atoms with Crippen LogP contribution in [0.25, 0.3) is 0 Å². The lowest BCUT2D eigenvalue weighted by Crippen LogP contribution is -2.47. The molecule has 0 unspecified atom stereocenters. The van der Waals surface area contributed by atoms with E-state index in [1.165, 1.54) is 25.5 Å². The van der Waals surface area contributed by atoms with Crippen molar-refractivity contribution in [3.8, 4) is 0 Å². The van der Waals surface area contributed by atoms with Crippen molar-refractivity contribution < 1.29 is 13.2 Å². The molecule has 22 heavy (non-hydrogen) atoms. The van der Waals surface area contributed by atoms with Gasteiger partial charge in [0.2, 0.25) is 10.0 Å². The topological polar surface area (TPSA) is 91.8 Å². The molecule has 0 heterocycles. The number of hydrogen-bond acceptors (Lipinski definition) is 4. The summed E-state index contributed by atoms with van der Waals surface area (Å²) in [6, 6.07) is 0. The zero-order valence-electron chi connectivity index (χ0n) is 13.9. The van der Waals surface area contributed by atoms with Crippen LogP contribution in [0.15, 0.2) is 4.99 Å². The molecule has 0 aliphatic heterocycles. The molecule has 1 saturated carbocycles. The van der Waals surface area contributed by atoms with Gasteiger partial charge in [-0.15, -0.1) is 0 Å². The Hall–Kier alpha value is -0.860. The second-order valence-electron chi connectivity index (χ2n) is 5.97. The van der Waals surface area contributed by atoms with E-state index in [0.717, 1.165) is 25.5 Å². The maximum Gasteiger partial charge on any atom is 0.208 e. The van der Waals surface area contributed by atoms with Crippen LogP contribution in [0.1, 0.15) is 32.1 Å². The highest BCUT2D eigenvalue weighted by atomic mass is 32.2. The molecule has 8 heteroatoms. The summed E-state index contributed by atoms with van der Waals surface area (Å²) in [7, 11) is 0.383. The summed E-state index contributed by atoms with van der Waals surface area (Å²) in [5.41, 5.74) is 0.339. The van der Waals surface area contributed by atoms with Gasteiger partial charge in [0, 0.05) is 40.4 Å². The molecule has 0 radical (unpaired) electrons. The third-order valence-corrected chi connectivity index (χ3v) is 4.84. The Morgan fingerprint density at radius 2 is 2.00 bits per heavy atom. The zero-order chi connectivity index (χ0) is 16.5. The molecule has 1 aliphatic carbocycles. The van der Waals surface area contributed by atoms with Gasteiger partial charge in [-0.25, -0.2) is 13.1 Å². The highest BCUT2D eigenvalue weighted by Crippen LogP contribution is 2.43. The van der Waals surface area contributed by atoms with Gasteiger partial charge in [0.25, 0.3) is 0 Å². The first-order valence-electron chi connectivity index (χ1n) is 7.79. The van der Waals surface area contributed by atoms with E-state index in [4.69, 9.17) is 4.74 Å². The molecular formula is C14H30N4O3S. The second-order valence-corrected chi connectivity index (χ2v) is 7.80. The number of hydrogen-bond donors (Lipinski definition) is 3. The molecular weight excluding hydrogens is 304 g/mol. The lowest BCUT2D eigenvalue weighted by Gasteiger charge is -2.42. The number of rotatable bonds is 10. The van der Waals surface area contributed by atoms with Crippen LogP contribution in [0.3, 0.4) is 0 Å². The fraction of sp³-hybridized carbons (Fsp3) is 0.929. The van der Waals surface area contributed by atoms with Crippen molar-refractivity contribution in [2.45, 2.75) is 32.1 Å². The van der Waals surface area contributed by atoms with E-state index in [2.05, 4.69) is 20.3 Å². The third kappa shape index (κ3) is 7.42. The lowest BCUT2D eigenvalue weighted by molar-refractivity contribution is 0.0732. The van der Waals surface area contributed by atoms with Gasteiger partial charge in [-0.2, -0.15) is 0 Å². The van der Waals surface area contributed by atoms with Crippen LogP contribution >= 0.6 is 0 Å². The molecule has 0 bridgehead atoms. The Balaban J connectivity index is 2.22. The molecule has 0 amide bonds. The van der Waals surface area contributed by atoms with Gasteiger partial charge in [0.15, 0.2) is 5.96 Å². The third-order valence-electron chi connectivity index (χ3n) is 4.12. The fourth-order valence-corrected chi connectivity index (χ4v) is 3.07. The summed E-state index contributed by atoms with van der Waals surface area (Å²) in [6.07, 6.45) is 6.71. The number of guanidine groups is 1. The van der Waals surface area contributed by atoms with Crippen LogP contribution in [-0.2, 0) is 14.8 Å². The van der Waals surface area contributed by atoms with E-state index in [1.54, 1.807) is 14.2 Å². The van der Waals surface area contributed by atoms with E-state index < -0.39 is 10.0 Å². The van der Waals surface area contributed by atoms with Gasteiger partial charge >= 0.3 is 0 Å². The molecule has 0 aromatic rings. The molecule has 7 nitrogen and oxygen atoms in total. The number of aliphatic imine (C=N–C) groups is 1. The minimum atomic E-state index is -3.10. The maximum absolute atomic E-state index is 10.9. The Labute approximate surface area is 134 Å². The van der Waals surface area contributed by atoms with Gasteiger partial charge in [-0.3, -0.25) is 4.99 Å². The van der Waals surface area contributed by atoms with Crippen molar-refractivity contribution >= 4 is 16.0 Å². The number of nitrogens with zero attached hydrogens (tertiary/aromatic N) is 1. The van der Waals surface area contributed by atoms with E-state index in [-0.39, 0.29) is 0 Å². The fourth-order valence-electron chi connectivity index (χ4n) is 2.56. The molecule has 1 fully saturated rings. The van der Waals surface area contributed by atoms with Crippen LogP contribution in [0, 0.1) is 5.41 Å². The normalized spacial score (nSPS) is 17.9. The van der Waals surface area contributed by atoms with Crippen molar-refractivity contribution in [2.75, 3.05) is 46.7 Å². The largest absolute Gasteiger partial charge is 0.385 e. The lowest BCUT2D eigenvalue weighted by atomic mass is 9.67. The van der Waals surface area contributed by atoms with Gasteiger partial charge in [0.05, 0.1) is 6.26 Å². The summed E-state index contributed by atoms with van der Waals surface area (Å²) >= 11 is 0. The standard InChI is InChI=1S/C14H30N4O3S/c1-15-13(16-9-5-10-18-22(3,19)20)17-12-14(6-4-7-14)8-11-21-2/h18H,4-12H2,1-3H3,(H2,15,16,17).